The van der Waals surface area contributed by atoms with Crippen molar-refractivity contribution in [3.8, 4) is 6.07 Å². The normalized spacial score (nSPS) is 27.9. The number of nitriles is 1. The van der Waals surface area contributed by atoms with Crippen LogP contribution in [0.2, 0.25) is 0 Å². The van der Waals surface area contributed by atoms with Crippen molar-refractivity contribution in [2.75, 3.05) is 6.61 Å². The summed E-state index contributed by atoms with van der Waals surface area (Å²) in [6.07, 6.45) is 0.952. The molecule has 2 rings (SSSR count). The molecule has 0 saturated carbocycles. The van der Waals surface area contributed by atoms with E-state index < -0.39 is 23.9 Å². The van der Waals surface area contributed by atoms with Gasteiger partial charge in [0.1, 0.15) is 0 Å². The predicted molar refractivity (Wildman–Crippen MR) is 57.9 cm³/mol. The molecule has 1 aliphatic rings. The molecule has 1 fully saturated rings. The molecule has 0 aliphatic carbocycles. The van der Waals surface area contributed by atoms with E-state index in [4.69, 9.17) is 15.1 Å². The smallest absolute Gasteiger partial charge is 0.349 e. The van der Waals surface area contributed by atoms with E-state index >= 15 is 0 Å². The van der Waals surface area contributed by atoms with Gasteiger partial charge in [0.25, 0.3) is 0 Å². The van der Waals surface area contributed by atoms with Crippen molar-refractivity contribution < 1.29 is 9.84 Å². The number of ether oxygens (including phenoxy) is 1. The Bertz CT molecular complexity index is 505. The van der Waals surface area contributed by atoms with Crippen LogP contribution in [0, 0.1) is 24.2 Å². The molecule has 1 saturated heterocycles. The molecule has 1 aromatic heterocycles. The van der Waals surface area contributed by atoms with Crippen molar-refractivity contribution in [1.82, 2.24) is 9.55 Å². The van der Waals surface area contributed by atoms with E-state index in [1.165, 1.54) is 4.57 Å². The maximum Gasteiger partial charge on any atom is 0.349 e. The summed E-state index contributed by atoms with van der Waals surface area (Å²) in [5.41, 5.74) is 0.185. The van der Waals surface area contributed by atoms with Crippen LogP contribution in [0.15, 0.2) is 17.1 Å². The number of hydrogen-bond donors (Lipinski definition) is 1. The Balaban J connectivity index is 2.33. The van der Waals surface area contributed by atoms with Gasteiger partial charge in [0.05, 0.1) is 24.7 Å². The molecule has 1 aromatic rings. The Labute approximate surface area is 98.1 Å². The highest BCUT2D eigenvalue weighted by Gasteiger charge is 2.36. The van der Waals surface area contributed by atoms with E-state index in [1.807, 2.05) is 0 Å². The van der Waals surface area contributed by atoms with Crippen LogP contribution in [0.5, 0.6) is 0 Å². The molecule has 1 aliphatic heterocycles. The van der Waals surface area contributed by atoms with Crippen LogP contribution in [0.4, 0.5) is 0 Å². The zero-order valence-electron chi connectivity index (χ0n) is 9.41. The summed E-state index contributed by atoms with van der Waals surface area (Å²) >= 11 is 0. The predicted octanol–water partition coefficient (Wildman–Crippen LogP) is -0.0287. The zero-order valence-corrected chi connectivity index (χ0v) is 9.41. The SMILES string of the molecule is Cc1ccn(C2OC(CO)CC2C#N)c(=O)n1. The molecule has 6 nitrogen and oxygen atoms in total. The summed E-state index contributed by atoms with van der Waals surface area (Å²) in [5.74, 6) is -0.436. The largest absolute Gasteiger partial charge is 0.394 e. The molecule has 0 amide bonds. The van der Waals surface area contributed by atoms with Crippen molar-refractivity contribution >= 4 is 0 Å². The first kappa shape index (κ1) is 11.8. The second-order valence-electron chi connectivity index (χ2n) is 4.06. The van der Waals surface area contributed by atoms with E-state index in [-0.39, 0.29) is 6.61 Å². The van der Waals surface area contributed by atoms with Gasteiger partial charge < -0.3 is 9.84 Å². The second-order valence-corrected chi connectivity index (χ2v) is 4.06. The minimum absolute atomic E-state index is 0.150. The lowest BCUT2D eigenvalue weighted by molar-refractivity contribution is -0.0305. The topological polar surface area (TPSA) is 88.1 Å². The van der Waals surface area contributed by atoms with Crippen molar-refractivity contribution in [3.05, 3.63) is 28.4 Å². The van der Waals surface area contributed by atoms with Gasteiger partial charge in [0.2, 0.25) is 0 Å². The maximum atomic E-state index is 11.7. The first-order valence-electron chi connectivity index (χ1n) is 5.37. The van der Waals surface area contributed by atoms with Crippen LogP contribution >= 0.6 is 0 Å². The average molecular weight is 235 g/mol. The molecular weight excluding hydrogens is 222 g/mol. The molecule has 2 heterocycles. The number of aliphatic hydroxyl groups excluding tert-OH is 1. The Morgan fingerprint density at radius 1 is 1.76 bits per heavy atom. The highest BCUT2D eigenvalue weighted by atomic mass is 16.5. The van der Waals surface area contributed by atoms with Crippen LogP contribution in [0.3, 0.4) is 0 Å². The molecule has 3 unspecified atom stereocenters. The summed E-state index contributed by atoms with van der Waals surface area (Å²) in [5, 5.41) is 18.0. The van der Waals surface area contributed by atoms with Gasteiger partial charge in [-0.05, 0) is 19.4 Å². The number of aromatic nitrogens is 2. The first-order valence-corrected chi connectivity index (χ1v) is 5.37. The van der Waals surface area contributed by atoms with Gasteiger partial charge in [0.15, 0.2) is 6.23 Å². The summed E-state index contributed by atoms with van der Waals surface area (Å²) in [6, 6.07) is 3.78. The number of aryl methyl sites for hydroxylation is 1. The highest BCUT2D eigenvalue weighted by Crippen LogP contribution is 2.32. The van der Waals surface area contributed by atoms with Gasteiger partial charge in [0, 0.05) is 11.9 Å². The van der Waals surface area contributed by atoms with Crippen LogP contribution in [0.1, 0.15) is 18.3 Å². The third kappa shape index (κ3) is 2.20. The summed E-state index contributed by atoms with van der Waals surface area (Å²) in [4.78, 5) is 15.5. The fraction of sp³-hybridized carbons (Fsp3) is 0.545. The monoisotopic (exact) mass is 235 g/mol. The zero-order chi connectivity index (χ0) is 12.4. The van der Waals surface area contributed by atoms with E-state index in [9.17, 15) is 4.79 Å². The van der Waals surface area contributed by atoms with Crippen LogP contribution in [0.25, 0.3) is 0 Å². The fourth-order valence-electron chi connectivity index (χ4n) is 1.93. The van der Waals surface area contributed by atoms with E-state index in [1.54, 1.807) is 19.2 Å². The van der Waals surface area contributed by atoms with E-state index in [0.29, 0.717) is 12.1 Å². The van der Waals surface area contributed by atoms with Crippen molar-refractivity contribution in [2.24, 2.45) is 5.92 Å². The van der Waals surface area contributed by atoms with Crippen molar-refractivity contribution in [3.63, 3.8) is 0 Å². The second kappa shape index (κ2) is 4.65. The molecule has 90 valence electrons. The molecule has 6 heteroatoms. The molecular formula is C11H13N3O3. The number of rotatable bonds is 2. The maximum absolute atomic E-state index is 11.7. The van der Waals surface area contributed by atoms with Crippen molar-refractivity contribution in [2.45, 2.75) is 25.7 Å². The van der Waals surface area contributed by atoms with Gasteiger partial charge in [-0.2, -0.15) is 10.2 Å². The lowest BCUT2D eigenvalue weighted by Crippen LogP contribution is -2.29. The Morgan fingerprint density at radius 2 is 2.53 bits per heavy atom. The minimum atomic E-state index is -0.655. The molecule has 0 radical (unpaired) electrons. The molecule has 17 heavy (non-hydrogen) atoms. The van der Waals surface area contributed by atoms with Gasteiger partial charge in [-0.3, -0.25) is 4.57 Å². The van der Waals surface area contributed by atoms with Crippen LogP contribution in [-0.2, 0) is 4.74 Å². The fourth-order valence-corrected chi connectivity index (χ4v) is 1.93. The number of nitrogens with zero attached hydrogens (tertiary/aromatic N) is 3. The molecule has 0 bridgehead atoms. The van der Waals surface area contributed by atoms with Crippen LogP contribution < -0.4 is 5.69 Å². The molecule has 1 N–H and O–H groups in total. The highest BCUT2D eigenvalue weighted by molar-refractivity contribution is 5.00. The minimum Gasteiger partial charge on any atom is -0.394 e. The summed E-state index contributed by atoms with van der Waals surface area (Å²) in [7, 11) is 0. The Morgan fingerprint density at radius 3 is 3.12 bits per heavy atom. The third-order valence-electron chi connectivity index (χ3n) is 2.81. The number of aliphatic hydroxyl groups is 1. The molecule has 3 atom stereocenters. The Hall–Kier alpha value is -1.71. The Kier molecular flexibility index (Phi) is 3.22. The third-order valence-corrected chi connectivity index (χ3v) is 2.81. The van der Waals surface area contributed by atoms with Gasteiger partial charge in [-0.1, -0.05) is 0 Å². The van der Waals surface area contributed by atoms with Crippen molar-refractivity contribution in [1.29, 1.82) is 5.26 Å². The first-order chi connectivity index (χ1) is 8.15. The average Bonchev–Trinajstić information content (AvgIpc) is 2.72. The van der Waals surface area contributed by atoms with Gasteiger partial charge in [-0.25, -0.2) is 4.79 Å². The molecule has 0 spiro atoms. The van der Waals surface area contributed by atoms with E-state index in [2.05, 4.69) is 11.1 Å². The van der Waals surface area contributed by atoms with Gasteiger partial charge in [-0.15, -0.1) is 0 Å². The number of hydrogen-bond acceptors (Lipinski definition) is 5. The van der Waals surface area contributed by atoms with E-state index in [0.717, 1.165) is 0 Å². The quantitative estimate of drug-likeness (QED) is 0.777. The molecule has 0 aromatic carbocycles. The lowest BCUT2D eigenvalue weighted by atomic mass is 10.1. The van der Waals surface area contributed by atoms with Gasteiger partial charge >= 0.3 is 5.69 Å². The summed E-state index contributed by atoms with van der Waals surface area (Å²) < 4.78 is 6.77. The van der Waals surface area contributed by atoms with Crippen LogP contribution in [-0.4, -0.2) is 27.4 Å². The summed E-state index contributed by atoms with van der Waals surface area (Å²) in [6.45, 7) is 1.57. The lowest BCUT2D eigenvalue weighted by Gasteiger charge is -2.16. The standard InChI is InChI=1S/C11H13N3O3/c1-7-2-3-14(11(16)13-7)10-8(5-12)4-9(6-15)17-10/h2-3,8-10,15H,4,6H2,1H3.